The summed E-state index contributed by atoms with van der Waals surface area (Å²) < 4.78 is 12.1. The summed E-state index contributed by atoms with van der Waals surface area (Å²) in [5, 5.41) is 2.83. The number of hydrogen-bond acceptors (Lipinski definition) is 5. The molecule has 0 aliphatic rings. The molecule has 29 heavy (non-hydrogen) atoms. The van der Waals surface area contributed by atoms with Crippen LogP contribution in [0.2, 0.25) is 0 Å². The number of nitrogens with zero attached hydrogens (tertiary/aromatic N) is 1. The van der Waals surface area contributed by atoms with Crippen molar-refractivity contribution >= 4 is 23.4 Å². The smallest absolute Gasteiger partial charge is 0.263 e. The maximum absolute atomic E-state index is 12.9. The molecule has 0 aliphatic carbocycles. The van der Waals surface area contributed by atoms with Crippen LogP contribution in [0.25, 0.3) is 0 Å². The van der Waals surface area contributed by atoms with Crippen molar-refractivity contribution < 1.29 is 14.3 Å². The number of nitrogens with one attached hydrogen (secondary N) is 1. The van der Waals surface area contributed by atoms with Gasteiger partial charge in [-0.15, -0.1) is 11.8 Å². The van der Waals surface area contributed by atoms with Crippen LogP contribution in [0, 0.1) is 0 Å². The van der Waals surface area contributed by atoms with E-state index in [9.17, 15) is 9.59 Å². The Morgan fingerprint density at radius 1 is 1.03 bits per heavy atom. The second-order valence-electron chi connectivity index (χ2n) is 6.23. The third-order valence-corrected chi connectivity index (χ3v) is 5.18. The molecule has 2 aromatic carbocycles. The molecular formula is C22H22N2O4S. The van der Waals surface area contributed by atoms with E-state index in [4.69, 9.17) is 9.47 Å². The highest BCUT2D eigenvalue weighted by atomic mass is 32.2. The zero-order valence-corrected chi connectivity index (χ0v) is 17.3. The molecule has 3 rings (SSSR count). The number of benzene rings is 2. The lowest BCUT2D eigenvalue weighted by molar-refractivity contribution is 0.102. The van der Waals surface area contributed by atoms with E-state index in [1.807, 2.05) is 42.7 Å². The molecule has 1 aromatic heterocycles. The van der Waals surface area contributed by atoms with Gasteiger partial charge in [0.1, 0.15) is 17.1 Å². The van der Waals surface area contributed by atoms with Gasteiger partial charge in [-0.1, -0.05) is 12.1 Å². The van der Waals surface area contributed by atoms with Crippen LogP contribution in [0.15, 0.2) is 70.5 Å². The Bertz CT molecular complexity index is 1060. The van der Waals surface area contributed by atoms with Crippen LogP contribution < -0.4 is 20.3 Å². The summed E-state index contributed by atoms with van der Waals surface area (Å²) in [5.41, 5.74) is 1.22. The van der Waals surface area contributed by atoms with E-state index in [1.165, 1.54) is 22.4 Å². The third-order valence-electron chi connectivity index (χ3n) is 4.38. The highest BCUT2D eigenvalue weighted by molar-refractivity contribution is 7.98. The lowest BCUT2D eigenvalue weighted by atomic mass is 10.2. The minimum atomic E-state index is -0.436. The van der Waals surface area contributed by atoms with Gasteiger partial charge < -0.3 is 19.4 Å². The predicted molar refractivity (Wildman–Crippen MR) is 116 cm³/mol. The lowest BCUT2D eigenvalue weighted by Gasteiger charge is -2.12. The molecule has 0 aliphatic heterocycles. The van der Waals surface area contributed by atoms with Crippen molar-refractivity contribution in [2.45, 2.75) is 11.4 Å². The van der Waals surface area contributed by atoms with Crippen molar-refractivity contribution in [1.82, 2.24) is 4.57 Å². The lowest BCUT2D eigenvalue weighted by Crippen LogP contribution is -2.29. The summed E-state index contributed by atoms with van der Waals surface area (Å²) >= 11 is 1.53. The number of carbonyl (C=O) groups is 1. The van der Waals surface area contributed by atoms with Gasteiger partial charge in [-0.25, -0.2) is 0 Å². The fraction of sp³-hybridized carbons (Fsp3) is 0.182. The molecule has 0 saturated heterocycles. The van der Waals surface area contributed by atoms with Gasteiger partial charge in [0.05, 0.1) is 26.5 Å². The molecule has 6 nitrogen and oxygen atoms in total. The quantitative estimate of drug-likeness (QED) is 0.599. The Morgan fingerprint density at radius 2 is 1.72 bits per heavy atom. The Morgan fingerprint density at radius 3 is 2.38 bits per heavy atom. The van der Waals surface area contributed by atoms with E-state index in [0.29, 0.717) is 17.2 Å². The number of anilines is 1. The standard InChI is InChI=1S/C22H22N2O4S/c1-27-16-11-15(12-17(13-16)28-2)14-24-10-6-7-18(22(24)26)21(25)23-19-8-4-5-9-20(19)29-3/h4-13H,14H2,1-3H3,(H,23,25). The number of pyridine rings is 1. The zero-order valence-electron chi connectivity index (χ0n) is 16.5. The van der Waals surface area contributed by atoms with E-state index in [0.717, 1.165) is 10.5 Å². The number of carbonyl (C=O) groups excluding carboxylic acids is 1. The summed E-state index contributed by atoms with van der Waals surface area (Å²) in [4.78, 5) is 26.6. The van der Waals surface area contributed by atoms with Crippen LogP contribution in [0.4, 0.5) is 5.69 Å². The maximum atomic E-state index is 12.9. The third kappa shape index (κ3) is 4.81. The minimum absolute atomic E-state index is 0.0817. The van der Waals surface area contributed by atoms with Crippen molar-refractivity contribution in [3.8, 4) is 11.5 Å². The van der Waals surface area contributed by atoms with Crippen LogP contribution >= 0.6 is 11.8 Å². The van der Waals surface area contributed by atoms with Crippen LogP contribution in [0.5, 0.6) is 11.5 Å². The highest BCUT2D eigenvalue weighted by Gasteiger charge is 2.14. The monoisotopic (exact) mass is 410 g/mol. The van der Waals surface area contributed by atoms with Crippen molar-refractivity contribution in [3.05, 3.63) is 82.3 Å². The molecule has 1 amide bonds. The second kappa shape index (κ2) is 9.34. The second-order valence-corrected chi connectivity index (χ2v) is 7.08. The molecule has 0 saturated carbocycles. The molecule has 0 unspecified atom stereocenters. The van der Waals surface area contributed by atoms with Gasteiger partial charge in [0.25, 0.3) is 11.5 Å². The van der Waals surface area contributed by atoms with Crippen molar-refractivity contribution in [3.63, 3.8) is 0 Å². The molecule has 150 valence electrons. The number of hydrogen-bond donors (Lipinski definition) is 1. The number of para-hydroxylation sites is 1. The number of amides is 1. The molecule has 1 N–H and O–H groups in total. The molecule has 0 atom stereocenters. The van der Waals surface area contributed by atoms with E-state index in [-0.39, 0.29) is 17.7 Å². The number of ether oxygens (including phenoxy) is 2. The summed E-state index contributed by atoms with van der Waals surface area (Å²) in [6.45, 7) is 0.287. The number of aromatic nitrogens is 1. The van der Waals surface area contributed by atoms with Gasteiger partial charge in [0, 0.05) is 17.2 Å². The van der Waals surface area contributed by atoms with Gasteiger partial charge in [0.2, 0.25) is 0 Å². The summed E-state index contributed by atoms with van der Waals surface area (Å²) in [5.74, 6) is 0.832. The van der Waals surface area contributed by atoms with E-state index in [2.05, 4.69) is 5.32 Å². The van der Waals surface area contributed by atoms with Gasteiger partial charge >= 0.3 is 0 Å². The Hall–Kier alpha value is -3.19. The van der Waals surface area contributed by atoms with E-state index >= 15 is 0 Å². The minimum Gasteiger partial charge on any atom is -0.497 e. The normalized spacial score (nSPS) is 10.4. The number of thioether (sulfide) groups is 1. The number of rotatable bonds is 7. The molecule has 0 radical (unpaired) electrons. The zero-order chi connectivity index (χ0) is 20.8. The van der Waals surface area contributed by atoms with E-state index < -0.39 is 5.91 Å². The van der Waals surface area contributed by atoms with Crippen molar-refractivity contribution in [2.24, 2.45) is 0 Å². The van der Waals surface area contributed by atoms with Crippen molar-refractivity contribution in [1.29, 1.82) is 0 Å². The van der Waals surface area contributed by atoms with Crippen LogP contribution in [0.3, 0.4) is 0 Å². The SMILES string of the molecule is COc1cc(Cn2cccc(C(=O)Nc3ccccc3SC)c2=O)cc(OC)c1. The molecule has 0 spiro atoms. The first-order valence-corrected chi connectivity index (χ1v) is 10.1. The van der Waals surface area contributed by atoms with E-state index in [1.54, 1.807) is 32.5 Å². The number of methoxy groups -OCH3 is 2. The molecule has 3 aromatic rings. The summed E-state index contributed by atoms with van der Waals surface area (Å²) in [6.07, 6.45) is 3.59. The first-order valence-electron chi connectivity index (χ1n) is 8.91. The Balaban J connectivity index is 1.88. The Labute approximate surface area is 173 Å². The average Bonchev–Trinajstić information content (AvgIpc) is 2.75. The van der Waals surface area contributed by atoms with Gasteiger partial charge in [-0.05, 0) is 48.2 Å². The van der Waals surface area contributed by atoms with Crippen LogP contribution in [-0.4, -0.2) is 30.9 Å². The largest absolute Gasteiger partial charge is 0.497 e. The van der Waals surface area contributed by atoms with Crippen LogP contribution in [-0.2, 0) is 6.54 Å². The molecular weight excluding hydrogens is 388 g/mol. The fourth-order valence-electron chi connectivity index (χ4n) is 2.93. The molecule has 0 bridgehead atoms. The molecule has 1 heterocycles. The topological polar surface area (TPSA) is 69.6 Å². The fourth-order valence-corrected chi connectivity index (χ4v) is 3.48. The molecule has 0 fully saturated rings. The average molecular weight is 410 g/mol. The first-order chi connectivity index (χ1) is 14.0. The van der Waals surface area contributed by atoms with Gasteiger partial charge in [0.15, 0.2) is 0 Å². The highest BCUT2D eigenvalue weighted by Crippen LogP contribution is 2.25. The van der Waals surface area contributed by atoms with Crippen LogP contribution in [0.1, 0.15) is 15.9 Å². The van der Waals surface area contributed by atoms with Gasteiger partial charge in [-0.3, -0.25) is 9.59 Å². The Kier molecular flexibility index (Phi) is 6.61. The summed E-state index contributed by atoms with van der Waals surface area (Å²) in [7, 11) is 3.14. The predicted octanol–water partition coefficient (Wildman–Crippen LogP) is 3.89. The van der Waals surface area contributed by atoms with Crippen molar-refractivity contribution in [2.75, 3.05) is 25.8 Å². The molecule has 7 heteroatoms. The summed E-state index contributed by atoms with van der Waals surface area (Å²) in [6, 6.07) is 16.1. The first kappa shape index (κ1) is 20.5. The van der Waals surface area contributed by atoms with Gasteiger partial charge in [-0.2, -0.15) is 0 Å². The maximum Gasteiger partial charge on any atom is 0.263 e.